The molecular weight excluding hydrogens is 428 g/mol. The number of rotatable bonds is 5. The van der Waals surface area contributed by atoms with Gasteiger partial charge in [0.15, 0.2) is 0 Å². The Balaban J connectivity index is 1.71. The van der Waals surface area contributed by atoms with Crippen LogP contribution in [0.2, 0.25) is 0 Å². The highest BCUT2D eigenvalue weighted by molar-refractivity contribution is 6.06. The van der Waals surface area contributed by atoms with Gasteiger partial charge in [0.25, 0.3) is 11.5 Å². The third-order valence-electron chi connectivity index (χ3n) is 5.91. The highest BCUT2D eigenvalue weighted by atomic mass is 16.5. The van der Waals surface area contributed by atoms with Crippen molar-refractivity contribution in [2.24, 2.45) is 0 Å². The first-order chi connectivity index (χ1) is 16.5. The lowest BCUT2D eigenvalue weighted by atomic mass is 10.2. The van der Waals surface area contributed by atoms with Crippen LogP contribution in [0.4, 0.5) is 5.69 Å². The van der Waals surface area contributed by atoms with Crippen molar-refractivity contribution in [1.29, 1.82) is 0 Å². The molecule has 1 N–H and O–H groups in total. The largest absolute Gasteiger partial charge is 0.495 e. The first-order valence-corrected chi connectivity index (χ1v) is 11.0. The van der Waals surface area contributed by atoms with Gasteiger partial charge in [0.05, 0.1) is 18.2 Å². The van der Waals surface area contributed by atoms with Gasteiger partial charge in [0, 0.05) is 12.7 Å². The van der Waals surface area contributed by atoms with Crippen LogP contribution in [-0.4, -0.2) is 27.0 Å². The molecule has 0 aliphatic rings. The van der Waals surface area contributed by atoms with E-state index in [4.69, 9.17) is 9.72 Å². The molecular formula is C27H24N4O3. The Hall–Kier alpha value is -4.39. The number of amides is 1. The van der Waals surface area contributed by atoms with Gasteiger partial charge in [-0.25, -0.2) is 4.98 Å². The lowest BCUT2D eigenvalue weighted by molar-refractivity contribution is 0.101. The molecule has 2 aromatic carbocycles. The molecule has 0 aliphatic carbocycles. The summed E-state index contributed by atoms with van der Waals surface area (Å²) < 4.78 is 8.74. The van der Waals surface area contributed by atoms with Crippen LogP contribution in [0.5, 0.6) is 5.75 Å². The molecule has 3 heterocycles. The zero-order valence-corrected chi connectivity index (χ0v) is 19.2. The van der Waals surface area contributed by atoms with E-state index in [1.807, 2.05) is 74.5 Å². The second kappa shape index (κ2) is 8.51. The number of aryl methyl sites for hydroxylation is 2. The number of hydrogen-bond donors (Lipinski definition) is 1. The standard InChI is InChI=1S/C27H24N4O3/c1-17-11-12-23(34-3)21(14-17)28-26(32)22-15-20-25(31(22)16-19-9-5-4-6-10-19)29-24-18(2)8-7-13-30(24)27(20)33/h4-15H,16H2,1-3H3,(H,28,32). The number of fused-ring (bicyclic) bond motifs is 2. The molecule has 5 aromatic rings. The third-order valence-corrected chi connectivity index (χ3v) is 5.91. The van der Waals surface area contributed by atoms with Crippen LogP contribution in [0.1, 0.15) is 27.2 Å². The second-order valence-electron chi connectivity index (χ2n) is 8.30. The van der Waals surface area contributed by atoms with E-state index in [0.29, 0.717) is 40.4 Å². The number of anilines is 1. The van der Waals surface area contributed by atoms with E-state index in [9.17, 15) is 9.59 Å². The number of ether oxygens (including phenoxy) is 1. The first kappa shape index (κ1) is 21.5. The van der Waals surface area contributed by atoms with E-state index in [-0.39, 0.29) is 11.5 Å². The minimum Gasteiger partial charge on any atom is -0.495 e. The zero-order valence-electron chi connectivity index (χ0n) is 19.2. The smallest absolute Gasteiger partial charge is 0.272 e. The molecule has 0 bridgehead atoms. The lowest BCUT2D eigenvalue weighted by Crippen LogP contribution is -2.19. The van der Waals surface area contributed by atoms with Gasteiger partial charge in [-0.15, -0.1) is 0 Å². The molecule has 34 heavy (non-hydrogen) atoms. The van der Waals surface area contributed by atoms with Crippen molar-refractivity contribution >= 4 is 28.3 Å². The Morgan fingerprint density at radius 1 is 1.00 bits per heavy atom. The highest BCUT2D eigenvalue weighted by Crippen LogP contribution is 2.27. The molecule has 3 aromatic heterocycles. The van der Waals surface area contributed by atoms with Crippen molar-refractivity contribution in [3.63, 3.8) is 0 Å². The monoisotopic (exact) mass is 452 g/mol. The molecule has 0 atom stereocenters. The van der Waals surface area contributed by atoms with Gasteiger partial charge < -0.3 is 14.6 Å². The van der Waals surface area contributed by atoms with Crippen molar-refractivity contribution in [3.8, 4) is 5.75 Å². The minimum atomic E-state index is -0.344. The molecule has 0 fully saturated rings. The maximum atomic E-state index is 13.5. The zero-order chi connectivity index (χ0) is 23.8. The van der Waals surface area contributed by atoms with Crippen molar-refractivity contribution in [3.05, 3.63) is 106 Å². The summed E-state index contributed by atoms with van der Waals surface area (Å²) in [4.78, 5) is 31.7. The molecule has 1 amide bonds. The fraction of sp³-hybridized carbons (Fsp3) is 0.148. The third kappa shape index (κ3) is 3.71. The summed E-state index contributed by atoms with van der Waals surface area (Å²) in [5.74, 6) is 0.215. The van der Waals surface area contributed by atoms with Gasteiger partial charge in [-0.2, -0.15) is 0 Å². The van der Waals surface area contributed by atoms with Gasteiger partial charge in [-0.3, -0.25) is 14.0 Å². The number of carbonyl (C=O) groups excluding carboxylic acids is 1. The summed E-state index contributed by atoms with van der Waals surface area (Å²) in [5.41, 5.74) is 4.61. The van der Waals surface area contributed by atoms with Crippen LogP contribution < -0.4 is 15.6 Å². The minimum absolute atomic E-state index is 0.210. The molecule has 0 spiro atoms. The summed E-state index contributed by atoms with van der Waals surface area (Å²) in [6, 6.07) is 20.7. The van der Waals surface area contributed by atoms with E-state index in [0.717, 1.165) is 16.7 Å². The number of carbonyl (C=O) groups is 1. The molecule has 0 radical (unpaired) electrons. The van der Waals surface area contributed by atoms with Crippen LogP contribution in [-0.2, 0) is 6.54 Å². The van der Waals surface area contributed by atoms with Gasteiger partial charge >= 0.3 is 0 Å². The fourth-order valence-electron chi connectivity index (χ4n) is 4.18. The van der Waals surface area contributed by atoms with Gasteiger partial charge in [-0.1, -0.05) is 42.5 Å². The van der Waals surface area contributed by atoms with Crippen LogP contribution >= 0.6 is 0 Å². The predicted octanol–water partition coefficient (Wildman–Crippen LogP) is 4.58. The molecule has 0 aliphatic heterocycles. The first-order valence-electron chi connectivity index (χ1n) is 11.0. The number of aromatic nitrogens is 3. The Bertz CT molecular complexity index is 1600. The van der Waals surface area contributed by atoms with E-state index in [1.54, 1.807) is 23.9 Å². The Kier molecular flexibility index (Phi) is 5.37. The quantitative estimate of drug-likeness (QED) is 0.424. The number of benzene rings is 2. The molecule has 0 saturated carbocycles. The summed E-state index contributed by atoms with van der Waals surface area (Å²) in [6.07, 6.45) is 1.70. The summed E-state index contributed by atoms with van der Waals surface area (Å²) in [5, 5.41) is 3.35. The maximum absolute atomic E-state index is 13.5. The van der Waals surface area contributed by atoms with Crippen molar-refractivity contribution in [2.75, 3.05) is 12.4 Å². The number of hydrogen-bond acceptors (Lipinski definition) is 4. The summed E-state index contributed by atoms with van der Waals surface area (Å²) >= 11 is 0. The summed E-state index contributed by atoms with van der Waals surface area (Å²) in [6.45, 7) is 4.25. The Morgan fingerprint density at radius 2 is 1.79 bits per heavy atom. The van der Waals surface area contributed by atoms with Crippen molar-refractivity contribution in [2.45, 2.75) is 20.4 Å². The number of pyridine rings is 1. The average Bonchev–Trinajstić information content (AvgIpc) is 3.19. The molecule has 0 unspecified atom stereocenters. The molecule has 0 saturated heterocycles. The number of nitrogens with zero attached hydrogens (tertiary/aromatic N) is 3. The van der Waals surface area contributed by atoms with Crippen molar-refractivity contribution in [1.82, 2.24) is 14.0 Å². The molecule has 7 heteroatoms. The van der Waals surface area contributed by atoms with Gasteiger partial charge in [0.2, 0.25) is 0 Å². The second-order valence-corrected chi connectivity index (χ2v) is 8.30. The normalized spacial score (nSPS) is 11.1. The average molecular weight is 453 g/mol. The Morgan fingerprint density at radius 3 is 2.56 bits per heavy atom. The number of methoxy groups -OCH3 is 1. The van der Waals surface area contributed by atoms with E-state index in [2.05, 4.69) is 5.32 Å². The van der Waals surface area contributed by atoms with Crippen LogP contribution in [0, 0.1) is 13.8 Å². The van der Waals surface area contributed by atoms with Crippen molar-refractivity contribution < 1.29 is 9.53 Å². The van der Waals surface area contributed by atoms with E-state index < -0.39 is 0 Å². The number of nitrogens with one attached hydrogen (secondary N) is 1. The van der Waals surface area contributed by atoms with Crippen LogP contribution in [0.15, 0.2) is 77.7 Å². The Labute approximate surface area is 196 Å². The van der Waals surface area contributed by atoms with E-state index >= 15 is 0 Å². The van der Waals surface area contributed by atoms with Crippen LogP contribution in [0.3, 0.4) is 0 Å². The lowest BCUT2D eigenvalue weighted by Gasteiger charge is -2.13. The highest BCUT2D eigenvalue weighted by Gasteiger charge is 2.21. The molecule has 7 nitrogen and oxygen atoms in total. The van der Waals surface area contributed by atoms with Crippen LogP contribution in [0.25, 0.3) is 16.7 Å². The fourth-order valence-corrected chi connectivity index (χ4v) is 4.18. The SMILES string of the molecule is COc1ccc(C)cc1NC(=O)c1cc2c(=O)n3cccc(C)c3nc2n1Cc1ccccc1. The molecule has 170 valence electrons. The van der Waals surface area contributed by atoms with Gasteiger partial charge in [0.1, 0.15) is 22.7 Å². The molecule has 5 rings (SSSR count). The van der Waals surface area contributed by atoms with E-state index in [1.165, 1.54) is 4.40 Å². The van der Waals surface area contributed by atoms with Gasteiger partial charge in [-0.05, 0) is 54.8 Å². The topological polar surface area (TPSA) is 77.6 Å². The summed E-state index contributed by atoms with van der Waals surface area (Å²) in [7, 11) is 1.56. The maximum Gasteiger partial charge on any atom is 0.272 e. The predicted molar refractivity (Wildman–Crippen MR) is 133 cm³/mol.